The van der Waals surface area contributed by atoms with Crippen LogP contribution in [-0.2, 0) is 6.54 Å². The van der Waals surface area contributed by atoms with Crippen LogP contribution in [0.2, 0.25) is 0 Å². The number of benzene rings is 1. The Labute approximate surface area is 113 Å². The molecule has 0 fully saturated rings. The summed E-state index contributed by atoms with van der Waals surface area (Å²) in [5.74, 6) is -1.36. The van der Waals surface area contributed by atoms with Gasteiger partial charge < -0.3 is 10.3 Å². The van der Waals surface area contributed by atoms with Crippen molar-refractivity contribution in [2.75, 3.05) is 0 Å². The molecule has 1 aromatic heterocycles. The van der Waals surface area contributed by atoms with Gasteiger partial charge in [-0.15, -0.1) is 0 Å². The average Bonchev–Trinajstić information content (AvgIpc) is 2.90. The van der Waals surface area contributed by atoms with Crippen LogP contribution in [0.15, 0.2) is 24.5 Å². The van der Waals surface area contributed by atoms with Gasteiger partial charge in [-0.3, -0.25) is 10.1 Å². The van der Waals surface area contributed by atoms with Gasteiger partial charge in [-0.25, -0.2) is 9.37 Å². The molecule has 0 aliphatic heterocycles. The molecular formula is C12H12F2N4O2. The van der Waals surface area contributed by atoms with E-state index in [9.17, 15) is 18.9 Å². The molecule has 106 valence electrons. The van der Waals surface area contributed by atoms with Crippen LogP contribution in [0.25, 0.3) is 0 Å². The zero-order chi connectivity index (χ0) is 14.7. The van der Waals surface area contributed by atoms with Gasteiger partial charge in [0.2, 0.25) is 5.82 Å². The molecule has 0 saturated carbocycles. The molecule has 2 aromatic rings. The lowest BCUT2D eigenvalue weighted by Crippen LogP contribution is -2.20. The predicted octanol–water partition coefficient (Wildman–Crippen LogP) is 2.45. The highest BCUT2D eigenvalue weighted by atomic mass is 19.1. The second-order valence-corrected chi connectivity index (χ2v) is 4.23. The summed E-state index contributed by atoms with van der Waals surface area (Å²) >= 11 is 0. The highest BCUT2D eigenvalue weighted by Crippen LogP contribution is 2.22. The lowest BCUT2D eigenvalue weighted by Gasteiger charge is -2.12. The van der Waals surface area contributed by atoms with Crippen molar-refractivity contribution in [3.8, 4) is 0 Å². The van der Waals surface area contributed by atoms with Gasteiger partial charge in [-0.05, 0) is 6.92 Å². The Bertz CT molecular complexity index is 616. The van der Waals surface area contributed by atoms with Crippen molar-refractivity contribution in [1.29, 1.82) is 0 Å². The zero-order valence-corrected chi connectivity index (χ0v) is 10.6. The van der Waals surface area contributed by atoms with Gasteiger partial charge in [0.15, 0.2) is 0 Å². The van der Waals surface area contributed by atoms with Crippen molar-refractivity contribution in [3.63, 3.8) is 0 Å². The van der Waals surface area contributed by atoms with Crippen LogP contribution in [0.5, 0.6) is 0 Å². The number of aromatic amines is 1. The summed E-state index contributed by atoms with van der Waals surface area (Å²) in [4.78, 5) is 16.7. The number of aromatic nitrogens is 2. The van der Waals surface area contributed by atoms with Crippen LogP contribution >= 0.6 is 0 Å². The maximum absolute atomic E-state index is 13.6. The molecule has 2 N–H and O–H groups in total. The van der Waals surface area contributed by atoms with E-state index >= 15 is 0 Å². The Morgan fingerprint density at radius 2 is 2.20 bits per heavy atom. The summed E-state index contributed by atoms with van der Waals surface area (Å²) in [5.41, 5.74) is -0.717. The molecule has 20 heavy (non-hydrogen) atoms. The maximum Gasteiger partial charge on any atom is 0.305 e. The van der Waals surface area contributed by atoms with E-state index in [-0.39, 0.29) is 18.2 Å². The SMILES string of the molecule is CC(NCc1cc([N+](=O)[O-])c(F)cc1F)c1ncc[nH]1. The largest absolute Gasteiger partial charge is 0.347 e. The molecule has 0 aliphatic carbocycles. The third-order valence-electron chi connectivity index (χ3n) is 2.84. The van der Waals surface area contributed by atoms with E-state index in [4.69, 9.17) is 0 Å². The van der Waals surface area contributed by atoms with E-state index in [0.29, 0.717) is 11.9 Å². The van der Waals surface area contributed by atoms with E-state index in [1.54, 1.807) is 19.3 Å². The van der Waals surface area contributed by atoms with Gasteiger partial charge in [0.05, 0.1) is 11.0 Å². The summed E-state index contributed by atoms with van der Waals surface area (Å²) in [6, 6.07) is 1.22. The number of nitro benzene ring substituents is 1. The van der Waals surface area contributed by atoms with Crippen LogP contribution in [0.4, 0.5) is 14.5 Å². The molecule has 0 spiro atoms. The van der Waals surface area contributed by atoms with Gasteiger partial charge in [0.25, 0.3) is 0 Å². The van der Waals surface area contributed by atoms with Gasteiger partial charge in [0.1, 0.15) is 11.6 Å². The van der Waals surface area contributed by atoms with Gasteiger partial charge >= 0.3 is 5.69 Å². The molecule has 1 aromatic carbocycles. The number of halogens is 2. The van der Waals surface area contributed by atoms with Crippen molar-refractivity contribution in [2.45, 2.75) is 19.5 Å². The monoisotopic (exact) mass is 282 g/mol. The fraction of sp³-hybridized carbons (Fsp3) is 0.250. The van der Waals surface area contributed by atoms with Crippen molar-refractivity contribution in [1.82, 2.24) is 15.3 Å². The van der Waals surface area contributed by atoms with Gasteiger partial charge in [-0.2, -0.15) is 4.39 Å². The summed E-state index contributed by atoms with van der Waals surface area (Å²) in [7, 11) is 0. The minimum Gasteiger partial charge on any atom is -0.347 e. The molecule has 2 rings (SSSR count). The lowest BCUT2D eigenvalue weighted by atomic mass is 10.1. The smallest absolute Gasteiger partial charge is 0.305 e. The van der Waals surface area contributed by atoms with Crippen LogP contribution in [0.3, 0.4) is 0 Å². The van der Waals surface area contributed by atoms with E-state index in [1.165, 1.54) is 0 Å². The van der Waals surface area contributed by atoms with E-state index < -0.39 is 22.2 Å². The number of hydrogen-bond acceptors (Lipinski definition) is 4. The number of hydrogen-bond donors (Lipinski definition) is 2. The Morgan fingerprint density at radius 3 is 2.80 bits per heavy atom. The molecule has 0 radical (unpaired) electrons. The van der Waals surface area contributed by atoms with E-state index in [2.05, 4.69) is 15.3 Å². The number of rotatable bonds is 5. The van der Waals surface area contributed by atoms with E-state index in [0.717, 1.165) is 6.07 Å². The highest BCUT2D eigenvalue weighted by Gasteiger charge is 2.19. The molecule has 1 atom stereocenters. The molecule has 0 saturated heterocycles. The maximum atomic E-state index is 13.6. The Kier molecular flexibility index (Phi) is 4.04. The third-order valence-corrected chi connectivity index (χ3v) is 2.84. The minimum absolute atomic E-state index is 0.0226. The van der Waals surface area contributed by atoms with Crippen molar-refractivity contribution >= 4 is 5.69 Å². The zero-order valence-electron chi connectivity index (χ0n) is 10.6. The molecule has 6 nitrogen and oxygen atoms in total. The molecular weight excluding hydrogens is 270 g/mol. The van der Waals surface area contributed by atoms with Gasteiger partial charge in [-0.1, -0.05) is 0 Å². The first kappa shape index (κ1) is 14.1. The second kappa shape index (κ2) is 5.74. The second-order valence-electron chi connectivity index (χ2n) is 4.23. The third kappa shape index (κ3) is 2.97. The van der Waals surface area contributed by atoms with Crippen LogP contribution < -0.4 is 5.32 Å². The fourth-order valence-corrected chi connectivity index (χ4v) is 1.73. The van der Waals surface area contributed by atoms with Crippen molar-refractivity contribution in [3.05, 3.63) is 57.7 Å². The quantitative estimate of drug-likeness (QED) is 0.651. The topological polar surface area (TPSA) is 83.8 Å². The van der Waals surface area contributed by atoms with Crippen molar-refractivity contribution in [2.24, 2.45) is 0 Å². The summed E-state index contributed by atoms with van der Waals surface area (Å²) in [6.45, 7) is 1.82. The number of nitro groups is 1. The number of H-pyrrole nitrogens is 1. The molecule has 1 heterocycles. The Hall–Kier alpha value is -2.35. The molecule has 8 heteroatoms. The molecule has 0 bridgehead atoms. The van der Waals surface area contributed by atoms with Crippen LogP contribution in [0, 0.1) is 21.7 Å². The number of imidazole rings is 1. The Balaban J connectivity index is 2.13. The van der Waals surface area contributed by atoms with Crippen LogP contribution in [-0.4, -0.2) is 14.9 Å². The van der Waals surface area contributed by atoms with Crippen molar-refractivity contribution < 1.29 is 13.7 Å². The normalized spacial score (nSPS) is 12.3. The molecule has 1 unspecified atom stereocenters. The average molecular weight is 282 g/mol. The summed E-state index contributed by atoms with van der Waals surface area (Å²) in [6.07, 6.45) is 3.23. The van der Waals surface area contributed by atoms with Crippen LogP contribution in [0.1, 0.15) is 24.4 Å². The fourth-order valence-electron chi connectivity index (χ4n) is 1.73. The Morgan fingerprint density at radius 1 is 1.45 bits per heavy atom. The first-order chi connectivity index (χ1) is 9.49. The summed E-state index contributed by atoms with van der Waals surface area (Å²) in [5, 5.41) is 13.6. The molecule has 0 amide bonds. The first-order valence-corrected chi connectivity index (χ1v) is 5.84. The highest BCUT2D eigenvalue weighted by molar-refractivity contribution is 5.37. The molecule has 0 aliphatic rings. The predicted molar refractivity (Wildman–Crippen MR) is 66.9 cm³/mol. The number of nitrogens with one attached hydrogen (secondary N) is 2. The summed E-state index contributed by atoms with van der Waals surface area (Å²) < 4.78 is 26.7. The lowest BCUT2D eigenvalue weighted by molar-refractivity contribution is -0.387. The minimum atomic E-state index is -1.18. The van der Waals surface area contributed by atoms with E-state index in [1.807, 2.05) is 0 Å². The first-order valence-electron chi connectivity index (χ1n) is 5.84. The standard InChI is InChI=1S/C12H12F2N4O2/c1-7(12-15-2-3-16-12)17-6-8-4-11(18(19)20)10(14)5-9(8)13/h2-5,7,17H,6H2,1H3,(H,15,16). The number of nitrogens with zero attached hydrogens (tertiary/aromatic N) is 2. The van der Waals surface area contributed by atoms with Gasteiger partial charge in [0, 0.05) is 36.6 Å².